The van der Waals surface area contributed by atoms with E-state index in [0.29, 0.717) is 6.54 Å². The minimum Gasteiger partial charge on any atom is -0.213 e. The standard InChI is InChI=1S/C7H11NO2S2/c1-8(12(2,9)10)6-7-4-3-5-11-7/h3-5H,6H2,1-2H3. The van der Waals surface area contributed by atoms with Crippen LogP contribution in [0.3, 0.4) is 0 Å². The molecule has 1 heterocycles. The van der Waals surface area contributed by atoms with Crippen LogP contribution in [0, 0.1) is 0 Å². The van der Waals surface area contributed by atoms with Gasteiger partial charge in [-0.3, -0.25) is 0 Å². The Balaban J connectivity index is 2.66. The predicted octanol–water partition coefficient (Wildman–Crippen LogP) is 1.14. The van der Waals surface area contributed by atoms with E-state index < -0.39 is 10.0 Å². The second-order valence-corrected chi connectivity index (χ2v) is 5.72. The van der Waals surface area contributed by atoms with E-state index in [9.17, 15) is 8.42 Å². The van der Waals surface area contributed by atoms with Crippen molar-refractivity contribution in [1.29, 1.82) is 0 Å². The maximum atomic E-state index is 11.0. The third kappa shape index (κ3) is 2.58. The molecule has 0 fully saturated rings. The Labute approximate surface area is 76.7 Å². The van der Waals surface area contributed by atoms with Crippen LogP contribution < -0.4 is 0 Å². The SMILES string of the molecule is CN(Cc1cccs1)S(C)(=O)=O. The molecule has 0 spiro atoms. The number of nitrogens with zero attached hydrogens (tertiary/aromatic N) is 1. The Morgan fingerprint density at radius 1 is 1.58 bits per heavy atom. The first-order chi connectivity index (χ1) is 5.50. The average molecular weight is 205 g/mol. The first-order valence-corrected chi connectivity index (χ1v) is 6.16. The molecule has 0 atom stereocenters. The van der Waals surface area contributed by atoms with Gasteiger partial charge in [0, 0.05) is 18.5 Å². The monoisotopic (exact) mass is 205 g/mol. The Kier molecular flexibility index (Phi) is 2.87. The summed E-state index contributed by atoms with van der Waals surface area (Å²) in [5.41, 5.74) is 0. The van der Waals surface area contributed by atoms with E-state index in [0.717, 1.165) is 4.88 Å². The van der Waals surface area contributed by atoms with Gasteiger partial charge in [0.1, 0.15) is 0 Å². The molecule has 1 aromatic rings. The van der Waals surface area contributed by atoms with Crippen molar-refractivity contribution in [3.63, 3.8) is 0 Å². The summed E-state index contributed by atoms with van der Waals surface area (Å²) in [6, 6.07) is 3.84. The fourth-order valence-corrected chi connectivity index (χ4v) is 1.95. The molecular weight excluding hydrogens is 194 g/mol. The normalized spacial score (nSPS) is 12.2. The van der Waals surface area contributed by atoms with Crippen LogP contribution in [0.25, 0.3) is 0 Å². The summed E-state index contributed by atoms with van der Waals surface area (Å²) in [6.07, 6.45) is 1.21. The fourth-order valence-electron chi connectivity index (χ4n) is 0.739. The first kappa shape index (κ1) is 9.70. The third-order valence-electron chi connectivity index (χ3n) is 1.52. The van der Waals surface area contributed by atoms with Crippen LogP contribution in [0.5, 0.6) is 0 Å². The minimum atomic E-state index is -3.04. The molecule has 0 bridgehead atoms. The summed E-state index contributed by atoms with van der Waals surface area (Å²) >= 11 is 1.56. The highest BCUT2D eigenvalue weighted by atomic mass is 32.2. The highest BCUT2D eigenvalue weighted by molar-refractivity contribution is 7.88. The Bertz CT molecular complexity index is 328. The fraction of sp³-hybridized carbons (Fsp3) is 0.429. The van der Waals surface area contributed by atoms with Crippen LogP contribution in [0.4, 0.5) is 0 Å². The second-order valence-electron chi connectivity index (χ2n) is 2.60. The summed E-state index contributed by atoms with van der Waals surface area (Å²) in [5, 5.41) is 1.94. The molecule has 12 heavy (non-hydrogen) atoms. The van der Waals surface area contributed by atoms with Gasteiger partial charge in [0.2, 0.25) is 10.0 Å². The summed E-state index contributed by atoms with van der Waals surface area (Å²) in [4.78, 5) is 1.06. The van der Waals surface area contributed by atoms with Gasteiger partial charge in [0.15, 0.2) is 0 Å². The van der Waals surface area contributed by atoms with E-state index in [4.69, 9.17) is 0 Å². The molecule has 0 saturated carbocycles. The number of hydrogen-bond acceptors (Lipinski definition) is 3. The van der Waals surface area contributed by atoms with Crippen molar-refractivity contribution in [3.8, 4) is 0 Å². The van der Waals surface area contributed by atoms with Gasteiger partial charge in [0.25, 0.3) is 0 Å². The van der Waals surface area contributed by atoms with E-state index in [1.807, 2.05) is 17.5 Å². The molecule has 0 saturated heterocycles. The zero-order chi connectivity index (χ0) is 9.19. The lowest BCUT2D eigenvalue weighted by atomic mass is 10.5. The molecule has 5 heteroatoms. The third-order valence-corrected chi connectivity index (χ3v) is 3.65. The maximum Gasteiger partial charge on any atom is 0.211 e. The summed E-state index contributed by atoms with van der Waals surface area (Å²) in [6.45, 7) is 0.469. The second kappa shape index (κ2) is 3.55. The molecule has 68 valence electrons. The van der Waals surface area contributed by atoms with Gasteiger partial charge < -0.3 is 0 Å². The van der Waals surface area contributed by atoms with E-state index in [1.54, 1.807) is 18.4 Å². The van der Waals surface area contributed by atoms with Crippen molar-refractivity contribution < 1.29 is 8.42 Å². The summed E-state index contributed by atoms with van der Waals surface area (Å²) < 4.78 is 23.3. The molecule has 1 rings (SSSR count). The van der Waals surface area contributed by atoms with E-state index in [1.165, 1.54) is 10.6 Å². The first-order valence-electron chi connectivity index (χ1n) is 3.44. The number of hydrogen-bond donors (Lipinski definition) is 0. The minimum absolute atomic E-state index is 0.469. The van der Waals surface area contributed by atoms with Crippen LogP contribution in [0.2, 0.25) is 0 Å². The molecule has 0 N–H and O–H groups in total. The molecular formula is C7H11NO2S2. The smallest absolute Gasteiger partial charge is 0.211 e. The van der Waals surface area contributed by atoms with Crippen LogP contribution in [0.15, 0.2) is 17.5 Å². The van der Waals surface area contributed by atoms with Gasteiger partial charge in [-0.15, -0.1) is 11.3 Å². The van der Waals surface area contributed by atoms with Crippen LogP contribution in [0.1, 0.15) is 4.88 Å². The largest absolute Gasteiger partial charge is 0.213 e. The lowest BCUT2D eigenvalue weighted by Gasteiger charge is -2.11. The highest BCUT2D eigenvalue weighted by Crippen LogP contribution is 2.11. The van der Waals surface area contributed by atoms with Gasteiger partial charge in [-0.05, 0) is 11.4 Å². The lowest BCUT2D eigenvalue weighted by molar-refractivity contribution is 0.475. The maximum absolute atomic E-state index is 11.0. The lowest BCUT2D eigenvalue weighted by Crippen LogP contribution is -2.24. The predicted molar refractivity (Wildman–Crippen MR) is 50.6 cm³/mol. The molecule has 0 aliphatic rings. The van der Waals surface area contributed by atoms with Gasteiger partial charge >= 0.3 is 0 Å². The molecule has 0 aliphatic carbocycles. The number of rotatable bonds is 3. The molecule has 0 aliphatic heterocycles. The highest BCUT2D eigenvalue weighted by Gasteiger charge is 2.10. The van der Waals surface area contributed by atoms with Crippen molar-refractivity contribution >= 4 is 21.4 Å². The Morgan fingerprint density at radius 3 is 2.67 bits per heavy atom. The van der Waals surface area contributed by atoms with Crippen LogP contribution in [-0.2, 0) is 16.6 Å². The molecule has 3 nitrogen and oxygen atoms in total. The van der Waals surface area contributed by atoms with Gasteiger partial charge in [0.05, 0.1) is 6.26 Å². The summed E-state index contributed by atoms with van der Waals surface area (Å²) in [7, 11) is -1.46. The van der Waals surface area contributed by atoms with Crippen molar-refractivity contribution in [3.05, 3.63) is 22.4 Å². The van der Waals surface area contributed by atoms with Gasteiger partial charge in [-0.25, -0.2) is 12.7 Å². The number of sulfonamides is 1. The zero-order valence-electron chi connectivity index (χ0n) is 7.02. The molecule has 0 amide bonds. The van der Waals surface area contributed by atoms with E-state index in [-0.39, 0.29) is 0 Å². The molecule has 1 aromatic heterocycles. The quantitative estimate of drug-likeness (QED) is 0.742. The van der Waals surface area contributed by atoms with Gasteiger partial charge in [-0.1, -0.05) is 6.07 Å². The van der Waals surface area contributed by atoms with Crippen molar-refractivity contribution in [2.24, 2.45) is 0 Å². The van der Waals surface area contributed by atoms with Gasteiger partial charge in [-0.2, -0.15) is 0 Å². The topological polar surface area (TPSA) is 37.4 Å². The number of thiophene rings is 1. The molecule has 0 unspecified atom stereocenters. The Hall–Kier alpha value is -0.390. The zero-order valence-corrected chi connectivity index (χ0v) is 8.65. The Morgan fingerprint density at radius 2 is 2.25 bits per heavy atom. The molecule has 0 radical (unpaired) electrons. The van der Waals surface area contributed by atoms with E-state index in [2.05, 4.69) is 0 Å². The average Bonchev–Trinajstić information content (AvgIpc) is 2.37. The van der Waals surface area contributed by atoms with Crippen LogP contribution in [-0.4, -0.2) is 26.0 Å². The molecule has 0 aromatic carbocycles. The van der Waals surface area contributed by atoms with E-state index >= 15 is 0 Å². The van der Waals surface area contributed by atoms with Crippen molar-refractivity contribution in [2.45, 2.75) is 6.54 Å². The van der Waals surface area contributed by atoms with Crippen molar-refractivity contribution in [1.82, 2.24) is 4.31 Å². The van der Waals surface area contributed by atoms with Crippen LogP contribution >= 0.6 is 11.3 Å². The van der Waals surface area contributed by atoms with Crippen molar-refractivity contribution in [2.75, 3.05) is 13.3 Å². The summed E-state index contributed by atoms with van der Waals surface area (Å²) in [5.74, 6) is 0.